The van der Waals surface area contributed by atoms with Gasteiger partial charge in [0.05, 0.1) is 5.56 Å². The molecule has 0 spiro atoms. The molecule has 0 bridgehead atoms. The number of hydrogen-bond donors (Lipinski definition) is 0. The second-order valence-corrected chi connectivity index (χ2v) is 9.07. The van der Waals surface area contributed by atoms with Crippen molar-refractivity contribution in [2.75, 3.05) is 13.1 Å². The van der Waals surface area contributed by atoms with E-state index in [1.54, 1.807) is 36.1 Å². The van der Waals surface area contributed by atoms with Gasteiger partial charge in [0, 0.05) is 29.9 Å². The fourth-order valence-electron chi connectivity index (χ4n) is 3.21. The van der Waals surface area contributed by atoms with Crippen molar-refractivity contribution in [3.8, 4) is 0 Å². The summed E-state index contributed by atoms with van der Waals surface area (Å²) in [7, 11) is 0. The van der Waals surface area contributed by atoms with Crippen LogP contribution in [0.1, 0.15) is 54.2 Å². The molecule has 1 fully saturated rings. The van der Waals surface area contributed by atoms with Gasteiger partial charge in [0.25, 0.3) is 5.91 Å². The third kappa shape index (κ3) is 5.58. The Kier molecular flexibility index (Phi) is 7.50. The van der Waals surface area contributed by atoms with Crippen LogP contribution in [-0.2, 0) is 15.3 Å². The first-order valence-corrected chi connectivity index (χ1v) is 11.5. The first-order valence-electron chi connectivity index (χ1n) is 9.67. The van der Waals surface area contributed by atoms with Crippen molar-refractivity contribution in [2.45, 2.75) is 55.7 Å². The van der Waals surface area contributed by atoms with Gasteiger partial charge in [0.2, 0.25) is 0 Å². The van der Waals surface area contributed by atoms with E-state index in [-0.39, 0.29) is 5.91 Å². The standard InChI is InChI=1S/C21H26N2O3S2/c1-15-13-27-21(22-15)28-14-17-9-5-6-10-18(17)20(25)26-16(2)19(24)23-11-7-3-4-8-12-23/h5-6,9-10,13,16H,3-4,7-8,11-12,14H2,1-2H3/t16-/m1/s1. The quantitative estimate of drug-likeness (QED) is 0.503. The van der Waals surface area contributed by atoms with Crippen LogP contribution in [0.5, 0.6) is 0 Å². The second kappa shape index (κ2) is 10.1. The van der Waals surface area contributed by atoms with Gasteiger partial charge in [-0.25, -0.2) is 9.78 Å². The number of thioether (sulfide) groups is 1. The minimum Gasteiger partial charge on any atom is -0.449 e. The summed E-state index contributed by atoms with van der Waals surface area (Å²) in [5, 5.41) is 2.01. The van der Waals surface area contributed by atoms with Gasteiger partial charge in [-0.1, -0.05) is 42.8 Å². The lowest BCUT2D eigenvalue weighted by molar-refractivity contribution is -0.139. The summed E-state index contributed by atoms with van der Waals surface area (Å²) >= 11 is 3.20. The summed E-state index contributed by atoms with van der Waals surface area (Å²) < 4.78 is 6.51. The third-order valence-corrected chi connectivity index (χ3v) is 6.92. The number of aryl methyl sites for hydroxylation is 1. The van der Waals surface area contributed by atoms with Gasteiger partial charge in [-0.15, -0.1) is 11.3 Å². The minimum absolute atomic E-state index is 0.0969. The highest BCUT2D eigenvalue weighted by molar-refractivity contribution is 8.00. The molecule has 7 heteroatoms. The van der Waals surface area contributed by atoms with Crippen molar-refractivity contribution in [1.29, 1.82) is 0 Å². The zero-order valence-electron chi connectivity index (χ0n) is 16.3. The van der Waals surface area contributed by atoms with Gasteiger partial charge in [-0.3, -0.25) is 4.79 Å². The Morgan fingerprint density at radius 2 is 1.93 bits per heavy atom. The molecule has 150 valence electrons. The summed E-state index contributed by atoms with van der Waals surface area (Å²) in [4.78, 5) is 31.7. The molecular weight excluding hydrogens is 392 g/mol. The van der Waals surface area contributed by atoms with Gasteiger partial charge in [-0.05, 0) is 38.3 Å². The molecule has 1 aromatic heterocycles. The van der Waals surface area contributed by atoms with E-state index in [1.807, 2.05) is 35.4 Å². The number of rotatable bonds is 6. The van der Waals surface area contributed by atoms with Crippen LogP contribution in [0.2, 0.25) is 0 Å². The summed E-state index contributed by atoms with van der Waals surface area (Å²) in [6, 6.07) is 7.41. The molecule has 2 aromatic rings. The molecule has 5 nitrogen and oxygen atoms in total. The summed E-state index contributed by atoms with van der Waals surface area (Å²) in [6.45, 7) is 5.14. The number of thiazole rings is 1. The van der Waals surface area contributed by atoms with E-state index in [0.717, 1.165) is 54.4 Å². The molecule has 0 unspecified atom stereocenters. The number of carbonyl (C=O) groups excluding carboxylic acids is 2. The molecular formula is C21H26N2O3S2. The molecule has 3 rings (SSSR count). The van der Waals surface area contributed by atoms with Crippen molar-refractivity contribution >= 4 is 35.0 Å². The Bertz CT molecular complexity index is 813. The number of amides is 1. The number of esters is 1. The third-order valence-electron chi connectivity index (χ3n) is 4.74. The molecule has 1 aliphatic rings. The summed E-state index contributed by atoms with van der Waals surface area (Å²) in [5.74, 6) is 0.0923. The molecule has 1 aliphatic heterocycles. The van der Waals surface area contributed by atoms with E-state index < -0.39 is 12.1 Å². The maximum atomic E-state index is 12.7. The SMILES string of the molecule is Cc1csc(SCc2ccccc2C(=O)O[C@H](C)C(=O)N2CCCCCC2)n1. The smallest absolute Gasteiger partial charge is 0.339 e. The Morgan fingerprint density at radius 1 is 1.21 bits per heavy atom. The van der Waals surface area contributed by atoms with Crippen LogP contribution in [0.4, 0.5) is 0 Å². The van der Waals surface area contributed by atoms with E-state index in [0.29, 0.717) is 11.3 Å². The number of aromatic nitrogens is 1. The van der Waals surface area contributed by atoms with Crippen molar-refractivity contribution in [3.05, 3.63) is 46.5 Å². The highest BCUT2D eigenvalue weighted by atomic mass is 32.2. The van der Waals surface area contributed by atoms with Crippen LogP contribution in [0.3, 0.4) is 0 Å². The molecule has 1 atom stereocenters. The van der Waals surface area contributed by atoms with E-state index in [2.05, 4.69) is 4.98 Å². The lowest BCUT2D eigenvalue weighted by Crippen LogP contribution is -2.40. The van der Waals surface area contributed by atoms with Crippen LogP contribution in [0.25, 0.3) is 0 Å². The monoisotopic (exact) mass is 418 g/mol. The number of nitrogens with zero attached hydrogens (tertiary/aromatic N) is 2. The number of benzene rings is 1. The molecule has 0 N–H and O–H groups in total. The number of likely N-dealkylation sites (tertiary alicyclic amines) is 1. The van der Waals surface area contributed by atoms with E-state index in [9.17, 15) is 9.59 Å². The van der Waals surface area contributed by atoms with Gasteiger partial charge >= 0.3 is 5.97 Å². The van der Waals surface area contributed by atoms with Crippen molar-refractivity contribution in [3.63, 3.8) is 0 Å². The molecule has 1 saturated heterocycles. The first kappa shape index (κ1) is 20.9. The Hall–Kier alpha value is -1.86. The molecule has 2 heterocycles. The maximum absolute atomic E-state index is 12.7. The lowest BCUT2D eigenvalue weighted by Gasteiger charge is -2.24. The average Bonchev–Trinajstić information content (AvgIpc) is 2.94. The van der Waals surface area contributed by atoms with Crippen LogP contribution in [0.15, 0.2) is 34.0 Å². The fourth-order valence-corrected chi connectivity index (χ4v) is 5.06. The topological polar surface area (TPSA) is 59.5 Å². The normalized spacial score (nSPS) is 15.7. The van der Waals surface area contributed by atoms with Crippen LogP contribution >= 0.6 is 23.1 Å². The fraction of sp³-hybridized carbons (Fsp3) is 0.476. The summed E-state index contributed by atoms with van der Waals surface area (Å²) in [5.41, 5.74) is 2.40. The van der Waals surface area contributed by atoms with Crippen molar-refractivity contribution in [1.82, 2.24) is 9.88 Å². The molecule has 0 radical (unpaired) electrons. The Labute approximate surface area is 174 Å². The zero-order chi connectivity index (χ0) is 19.9. The van der Waals surface area contributed by atoms with Gasteiger partial charge < -0.3 is 9.64 Å². The largest absolute Gasteiger partial charge is 0.449 e. The highest BCUT2D eigenvalue weighted by Gasteiger charge is 2.25. The molecule has 1 amide bonds. The molecule has 28 heavy (non-hydrogen) atoms. The van der Waals surface area contributed by atoms with Gasteiger partial charge in [0.1, 0.15) is 4.34 Å². The number of carbonyl (C=O) groups is 2. The lowest BCUT2D eigenvalue weighted by atomic mass is 10.1. The average molecular weight is 419 g/mol. The first-order chi connectivity index (χ1) is 13.5. The summed E-state index contributed by atoms with van der Waals surface area (Å²) in [6.07, 6.45) is 3.57. The predicted octanol–water partition coefficient (Wildman–Crippen LogP) is 4.69. The Balaban J connectivity index is 1.62. The minimum atomic E-state index is -0.770. The van der Waals surface area contributed by atoms with E-state index in [1.165, 1.54) is 0 Å². The maximum Gasteiger partial charge on any atom is 0.339 e. The van der Waals surface area contributed by atoms with E-state index in [4.69, 9.17) is 4.74 Å². The van der Waals surface area contributed by atoms with Crippen LogP contribution < -0.4 is 0 Å². The van der Waals surface area contributed by atoms with Gasteiger partial charge in [-0.2, -0.15) is 0 Å². The zero-order valence-corrected chi connectivity index (χ0v) is 18.0. The molecule has 0 saturated carbocycles. The van der Waals surface area contributed by atoms with Crippen molar-refractivity contribution < 1.29 is 14.3 Å². The van der Waals surface area contributed by atoms with Crippen LogP contribution in [0, 0.1) is 6.92 Å². The second-order valence-electron chi connectivity index (χ2n) is 6.99. The van der Waals surface area contributed by atoms with Crippen molar-refractivity contribution in [2.24, 2.45) is 0 Å². The van der Waals surface area contributed by atoms with E-state index >= 15 is 0 Å². The molecule has 1 aromatic carbocycles. The Morgan fingerprint density at radius 3 is 2.61 bits per heavy atom. The predicted molar refractivity (Wildman–Crippen MR) is 113 cm³/mol. The highest BCUT2D eigenvalue weighted by Crippen LogP contribution is 2.27. The van der Waals surface area contributed by atoms with Gasteiger partial charge in [0.15, 0.2) is 6.10 Å². The number of ether oxygens (including phenoxy) is 1. The van der Waals surface area contributed by atoms with Crippen LogP contribution in [-0.4, -0.2) is 41.0 Å². The number of hydrogen-bond acceptors (Lipinski definition) is 6. The molecule has 0 aliphatic carbocycles.